The van der Waals surface area contributed by atoms with Gasteiger partial charge < -0.3 is 9.80 Å². The van der Waals surface area contributed by atoms with Crippen LogP contribution in [0.4, 0.5) is 5.69 Å². The van der Waals surface area contributed by atoms with Gasteiger partial charge in [0.2, 0.25) is 5.91 Å². The minimum absolute atomic E-state index is 0.0279. The number of halogens is 1. The van der Waals surface area contributed by atoms with Crippen LogP contribution in [0.2, 0.25) is 5.02 Å². The number of hydrogen-bond donors (Lipinski definition) is 1. The summed E-state index contributed by atoms with van der Waals surface area (Å²) >= 11 is 6.20. The van der Waals surface area contributed by atoms with Crippen molar-refractivity contribution in [2.75, 3.05) is 25.0 Å². The highest BCUT2D eigenvalue weighted by Gasteiger charge is 2.28. The van der Waals surface area contributed by atoms with Crippen LogP contribution in [-0.2, 0) is 21.2 Å². The molecule has 0 aliphatic carbocycles. The number of nitrogens with zero attached hydrogens (tertiary/aromatic N) is 2. The van der Waals surface area contributed by atoms with Crippen LogP contribution in [0.25, 0.3) is 0 Å². The van der Waals surface area contributed by atoms with E-state index in [0.29, 0.717) is 31.0 Å². The van der Waals surface area contributed by atoms with Gasteiger partial charge in [0.1, 0.15) is 10.7 Å². The highest BCUT2D eigenvalue weighted by atomic mass is 35.5. The number of anilines is 1. The van der Waals surface area contributed by atoms with Crippen molar-refractivity contribution in [2.45, 2.75) is 18.2 Å². The molecular weight excluding hydrogens is 350 g/mol. The van der Waals surface area contributed by atoms with Crippen LogP contribution in [0, 0.1) is 0 Å². The molecule has 0 radical (unpaired) electrons. The van der Waals surface area contributed by atoms with E-state index in [9.17, 15) is 13.2 Å². The number of amides is 1. The molecular formula is C16H18ClN3O3S. The molecule has 6 nitrogen and oxygen atoms in total. The minimum Gasteiger partial charge on any atom is -0.357 e. The number of benzene rings is 1. The van der Waals surface area contributed by atoms with Gasteiger partial charge in [-0.25, -0.2) is 8.42 Å². The molecule has 2 aliphatic rings. The molecule has 0 saturated heterocycles. The third-order valence-corrected chi connectivity index (χ3v) is 5.94. The molecule has 8 heteroatoms. The standard InChI is InChI=1S/C16H18ClN3O3S/c1-11(21)20-8-6-12-9-13(17)15(10-14(12)20)24(22,23)18-16-5-3-4-7-19(16)2/h3-5,9-10,18H,6-8H2,1-2H3. The molecule has 1 aromatic rings. The summed E-state index contributed by atoms with van der Waals surface area (Å²) in [5, 5.41) is 0.154. The van der Waals surface area contributed by atoms with Crippen molar-refractivity contribution in [3.63, 3.8) is 0 Å². The van der Waals surface area contributed by atoms with Crippen molar-refractivity contribution < 1.29 is 13.2 Å². The summed E-state index contributed by atoms with van der Waals surface area (Å²) in [6.45, 7) is 2.62. The van der Waals surface area contributed by atoms with Crippen molar-refractivity contribution >= 4 is 33.2 Å². The molecule has 1 aromatic carbocycles. The fourth-order valence-corrected chi connectivity index (χ4v) is 4.51. The Balaban J connectivity index is 2.00. The number of fused-ring (bicyclic) bond motifs is 1. The zero-order chi connectivity index (χ0) is 17.5. The maximum absolute atomic E-state index is 12.8. The van der Waals surface area contributed by atoms with E-state index in [2.05, 4.69) is 4.72 Å². The first-order valence-electron chi connectivity index (χ1n) is 7.51. The van der Waals surface area contributed by atoms with Crippen LogP contribution in [-0.4, -0.2) is 39.4 Å². The number of hydrogen-bond acceptors (Lipinski definition) is 4. The molecule has 0 saturated carbocycles. The number of allylic oxidation sites excluding steroid dienone is 2. The maximum atomic E-state index is 12.8. The first-order valence-corrected chi connectivity index (χ1v) is 9.37. The zero-order valence-corrected chi connectivity index (χ0v) is 15.0. The summed E-state index contributed by atoms with van der Waals surface area (Å²) in [5.74, 6) is 0.352. The topological polar surface area (TPSA) is 69.7 Å². The maximum Gasteiger partial charge on any atom is 0.264 e. The van der Waals surface area contributed by atoms with Crippen molar-refractivity contribution in [2.24, 2.45) is 0 Å². The van der Waals surface area contributed by atoms with Crippen LogP contribution in [0.1, 0.15) is 12.5 Å². The van der Waals surface area contributed by atoms with Crippen molar-refractivity contribution in [1.82, 2.24) is 9.62 Å². The van der Waals surface area contributed by atoms with E-state index in [4.69, 9.17) is 11.6 Å². The van der Waals surface area contributed by atoms with E-state index < -0.39 is 10.0 Å². The first-order chi connectivity index (χ1) is 11.3. The van der Waals surface area contributed by atoms with Crippen molar-refractivity contribution in [1.29, 1.82) is 0 Å². The Morgan fingerprint density at radius 3 is 2.75 bits per heavy atom. The predicted molar refractivity (Wildman–Crippen MR) is 93.4 cm³/mol. The van der Waals surface area contributed by atoms with E-state index in [1.165, 1.54) is 13.0 Å². The second-order valence-electron chi connectivity index (χ2n) is 5.80. The van der Waals surface area contributed by atoms with E-state index in [-0.39, 0.29) is 15.8 Å². The quantitative estimate of drug-likeness (QED) is 0.885. The molecule has 0 atom stereocenters. The van der Waals surface area contributed by atoms with Crippen molar-refractivity contribution in [3.05, 3.63) is 46.8 Å². The number of carbonyl (C=O) groups is 1. The van der Waals surface area contributed by atoms with Crippen molar-refractivity contribution in [3.8, 4) is 0 Å². The highest BCUT2D eigenvalue weighted by molar-refractivity contribution is 7.89. The summed E-state index contributed by atoms with van der Waals surface area (Å²) in [7, 11) is -2.07. The summed E-state index contributed by atoms with van der Waals surface area (Å²) in [6.07, 6.45) is 6.07. The predicted octanol–water partition coefficient (Wildman–Crippen LogP) is 1.87. The molecule has 1 N–H and O–H groups in total. The van der Waals surface area contributed by atoms with Gasteiger partial charge in [0.05, 0.1) is 5.02 Å². The SMILES string of the molecule is CC(=O)N1CCc2cc(Cl)c(S(=O)(=O)NC3=CC=CCN3C)cc21. The van der Waals surface area contributed by atoms with E-state index in [1.807, 2.05) is 6.08 Å². The second-order valence-corrected chi connectivity index (χ2v) is 7.86. The lowest BCUT2D eigenvalue weighted by Crippen LogP contribution is -2.34. The molecule has 128 valence electrons. The summed E-state index contributed by atoms with van der Waals surface area (Å²) in [6, 6.07) is 3.11. The second kappa shape index (κ2) is 6.14. The molecule has 0 unspecified atom stereocenters. The Morgan fingerprint density at radius 2 is 2.08 bits per heavy atom. The van der Waals surface area contributed by atoms with Gasteiger partial charge in [0, 0.05) is 32.7 Å². The Morgan fingerprint density at radius 1 is 1.33 bits per heavy atom. The molecule has 0 fully saturated rings. The lowest BCUT2D eigenvalue weighted by Gasteiger charge is -2.24. The molecule has 0 aromatic heterocycles. The van der Waals surface area contributed by atoms with Gasteiger partial charge in [-0.1, -0.05) is 23.8 Å². The minimum atomic E-state index is -3.86. The van der Waals surface area contributed by atoms with E-state index >= 15 is 0 Å². The van der Waals surface area contributed by atoms with Gasteiger partial charge in [0.25, 0.3) is 10.0 Å². The van der Waals surface area contributed by atoms with E-state index in [0.717, 1.165) is 5.56 Å². The highest BCUT2D eigenvalue weighted by Crippen LogP contribution is 2.35. The number of rotatable bonds is 3. The molecule has 2 heterocycles. The third kappa shape index (κ3) is 3.01. The Bertz CT molecular complexity index is 862. The lowest BCUT2D eigenvalue weighted by molar-refractivity contribution is -0.116. The number of sulfonamides is 1. The smallest absolute Gasteiger partial charge is 0.264 e. The van der Waals surface area contributed by atoms with Crippen LogP contribution in [0.15, 0.2) is 41.1 Å². The number of nitrogens with one attached hydrogen (secondary N) is 1. The largest absolute Gasteiger partial charge is 0.357 e. The Labute approximate surface area is 146 Å². The van der Waals surface area contributed by atoms with Crippen LogP contribution in [0.5, 0.6) is 0 Å². The van der Waals surface area contributed by atoms with Gasteiger partial charge in [-0.05, 0) is 30.2 Å². The van der Waals surface area contributed by atoms with Crippen LogP contribution in [0.3, 0.4) is 0 Å². The molecule has 24 heavy (non-hydrogen) atoms. The fourth-order valence-electron chi connectivity index (χ4n) is 2.83. The van der Waals surface area contributed by atoms with Gasteiger partial charge in [0.15, 0.2) is 0 Å². The molecule has 2 aliphatic heterocycles. The normalized spacial score (nSPS) is 16.9. The van der Waals surface area contributed by atoms with Gasteiger partial charge in [-0.15, -0.1) is 0 Å². The molecule has 3 rings (SSSR count). The summed E-state index contributed by atoms with van der Waals surface area (Å²) in [5.41, 5.74) is 1.49. The van der Waals surface area contributed by atoms with Gasteiger partial charge in [-0.2, -0.15) is 0 Å². The first kappa shape index (κ1) is 16.9. The third-order valence-electron chi connectivity index (χ3n) is 4.12. The van der Waals surface area contributed by atoms with Crippen LogP contribution < -0.4 is 9.62 Å². The van der Waals surface area contributed by atoms with Crippen LogP contribution >= 0.6 is 11.6 Å². The lowest BCUT2D eigenvalue weighted by atomic mass is 10.2. The average Bonchev–Trinajstić information content (AvgIpc) is 2.91. The molecule has 0 spiro atoms. The number of likely N-dealkylation sites (N-methyl/N-ethyl adjacent to an activating group) is 1. The summed E-state index contributed by atoms with van der Waals surface area (Å²) < 4.78 is 28.1. The monoisotopic (exact) mass is 367 g/mol. The van der Waals surface area contributed by atoms with E-state index in [1.54, 1.807) is 35.1 Å². The zero-order valence-electron chi connectivity index (χ0n) is 13.4. The molecule has 0 bridgehead atoms. The number of carbonyl (C=O) groups excluding carboxylic acids is 1. The fraction of sp³-hybridized carbons (Fsp3) is 0.312. The Kier molecular flexibility index (Phi) is 4.31. The summed E-state index contributed by atoms with van der Waals surface area (Å²) in [4.78, 5) is 15.0. The average molecular weight is 368 g/mol. The Hall–Kier alpha value is -1.99. The molecule has 1 amide bonds. The van der Waals surface area contributed by atoms with Gasteiger partial charge in [-0.3, -0.25) is 9.52 Å². The van der Waals surface area contributed by atoms with Gasteiger partial charge >= 0.3 is 0 Å².